The average molecular weight is 434 g/mol. The van der Waals surface area contributed by atoms with Gasteiger partial charge in [-0.25, -0.2) is 17.8 Å². The molecule has 1 amide bonds. The van der Waals surface area contributed by atoms with Crippen LogP contribution in [0.2, 0.25) is 0 Å². The Kier molecular flexibility index (Phi) is 5.37. The number of nitrogens with one attached hydrogen (secondary N) is 1. The molecule has 152 valence electrons. The van der Waals surface area contributed by atoms with E-state index >= 15 is 0 Å². The third kappa shape index (κ3) is 4.03. The molecule has 9 heteroatoms. The van der Waals surface area contributed by atoms with Crippen molar-refractivity contribution in [1.29, 1.82) is 0 Å². The number of nitrogens with zero attached hydrogens (tertiary/aromatic N) is 2. The van der Waals surface area contributed by atoms with Crippen molar-refractivity contribution < 1.29 is 17.6 Å². The lowest BCUT2D eigenvalue weighted by molar-refractivity contribution is 0.102. The normalized spacial score (nSPS) is 15.5. The molecule has 29 heavy (non-hydrogen) atoms. The molecule has 1 aromatic heterocycles. The van der Waals surface area contributed by atoms with Crippen molar-refractivity contribution in [2.75, 3.05) is 18.4 Å². The van der Waals surface area contributed by atoms with Crippen LogP contribution in [0.4, 0.5) is 9.52 Å². The molecular weight excluding hydrogens is 413 g/mol. The molecular formula is C20H20FN3O3S2. The van der Waals surface area contributed by atoms with E-state index < -0.39 is 15.9 Å². The summed E-state index contributed by atoms with van der Waals surface area (Å²) < 4.78 is 41.5. The van der Waals surface area contributed by atoms with Gasteiger partial charge < -0.3 is 0 Å². The maximum atomic E-state index is 13.4. The summed E-state index contributed by atoms with van der Waals surface area (Å²) in [5.74, 6) is -0.829. The Labute approximate surface area is 172 Å². The molecule has 0 saturated carbocycles. The number of anilines is 1. The van der Waals surface area contributed by atoms with E-state index in [0.717, 1.165) is 30.6 Å². The van der Waals surface area contributed by atoms with Crippen LogP contribution in [0, 0.1) is 12.7 Å². The number of fused-ring (bicyclic) bond motifs is 1. The number of aromatic nitrogens is 1. The SMILES string of the molecule is Cc1ccc(C(=O)Nc2nc3ccc(F)cc3s2)cc1S(=O)(=O)N1CCCCC1. The van der Waals surface area contributed by atoms with Crippen molar-refractivity contribution in [1.82, 2.24) is 9.29 Å². The number of thiazole rings is 1. The van der Waals surface area contributed by atoms with E-state index in [1.165, 1.54) is 22.5 Å². The fraction of sp³-hybridized carbons (Fsp3) is 0.300. The largest absolute Gasteiger partial charge is 0.298 e. The number of sulfonamides is 1. The second-order valence-corrected chi connectivity index (χ2v) is 9.97. The molecule has 1 N–H and O–H groups in total. The zero-order valence-electron chi connectivity index (χ0n) is 15.8. The van der Waals surface area contributed by atoms with Crippen LogP contribution in [0.15, 0.2) is 41.3 Å². The predicted octanol–water partition coefficient (Wildman–Crippen LogP) is 4.17. The van der Waals surface area contributed by atoms with Gasteiger partial charge in [0.25, 0.3) is 5.91 Å². The zero-order valence-corrected chi connectivity index (χ0v) is 17.4. The van der Waals surface area contributed by atoms with Crippen molar-refractivity contribution in [3.05, 3.63) is 53.3 Å². The number of carbonyl (C=O) groups excluding carboxylic acids is 1. The summed E-state index contributed by atoms with van der Waals surface area (Å²) in [5, 5.41) is 3.01. The second kappa shape index (κ2) is 7.81. The summed E-state index contributed by atoms with van der Waals surface area (Å²) in [7, 11) is -3.65. The Balaban J connectivity index is 1.61. The van der Waals surface area contributed by atoms with E-state index in [0.29, 0.717) is 34.0 Å². The first kappa shape index (κ1) is 19.9. The molecule has 0 atom stereocenters. The lowest BCUT2D eigenvalue weighted by Gasteiger charge is -2.26. The maximum absolute atomic E-state index is 13.4. The molecule has 1 fully saturated rings. The van der Waals surface area contributed by atoms with Gasteiger partial charge in [-0.15, -0.1) is 0 Å². The average Bonchev–Trinajstić information content (AvgIpc) is 3.10. The Morgan fingerprint density at radius 3 is 2.66 bits per heavy atom. The highest BCUT2D eigenvalue weighted by atomic mass is 32.2. The molecule has 6 nitrogen and oxygen atoms in total. The first-order valence-electron chi connectivity index (χ1n) is 9.33. The molecule has 2 heterocycles. The summed E-state index contributed by atoms with van der Waals surface area (Å²) in [4.78, 5) is 17.1. The van der Waals surface area contributed by atoms with Gasteiger partial charge in [0.2, 0.25) is 10.0 Å². The smallest absolute Gasteiger partial charge is 0.257 e. The topological polar surface area (TPSA) is 79.4 Å². The fourth-order valence-electron chi connectivity index (χ4n) is 3.38. The fourth-order valence-corrected chi connectivity index (χ4v) is 6.04. The number of hydrogen-bond donors (Lipinski definition) is 1. The first-order valence-corrected chi connectivity index (χ1v) is 11.6. The molecule has 0 unspecified atom stereocenters. The number of halogens is 1. The molecule has 1 saturated heterocycles. The van der Waals surface area contributed by atoms with Crippen molar-refractivity contribution in [3.63, 3.8) is 0 Å². The van der Waals surface area contributed by atoms with Crippen molar-refractivity contribution in [3.8, 4) is 0 Å². The van der Waals surface area contributed by atoms with Gasteiger partial charge in [0, 0.05) is 18.7 Å². The van der Waals surface area contributed by atoms with Gasteiger partial charge in [-0.3, -0.25) is 10.1 Å². The summed E-state index contributed by atoms with van der Waals surface area (Å²) in [6, 6.07) is 8.86. The number of benzene rings is 2. The Hall–Kier alpha value is -2.36. The number of amides is 1. The van der Waals surface area contributed by atoms with Gasteiger partial charge in [0.05, 0.1) is 15.1 Å². The van der Waals surface area contributed by atoms with E-state index in [1.807, 2.05) is 0 Å². The van der Waals surface area contributed by atoms with E-state index in [9.17, 15) is 17.6 Å². The highest BCUT2D eigenvalue weighted by molar-refractivity contribution is 7.89. The maximum Gasteiger partial charge on any atom is 0.257 e. The Morgan fingerprint density at radius 1 is 1.14 bits per heavy atom. The third-order valence-corrected chi connectivity index (χ3v) is 7.93. The highest BCUT2D eigenvalue weighted by Crippen LogP contribution is 2.28. The molecule has 0 radical (unpaired) electrons. The lowest BCUT2D eigenvalue weighted by atomic mass is 10.1. The highest BCUT2D eigenvalue weighted by Gasteiger charge is 2.28. The molecule has 0 aliphatic carbocycles. The Morgan fingerprint density at radius 2 is 1.90 bits per heavy atom. The van der Waals surface area contributed by atoms with Gasteiger partial charge in [-0.1, -0.05) is 23.8 Å². The molecule has 1 aliphatic heterocycles. The third-order valence-electron chi connectivity index (χ3n) is 4.95. The summed E-state index contributed by atoms with van der Waals surface area (Å²) >= 11 is 1.16. The summed E-state index contributed by atoms with van der Waals surface area (Å²) in [5.41, 5.74) is 1.42. The predicted molar refractivity (Wildman–Crippen MR) is 111 cm³/mol. The number of hydrogen-bond acceptors (Lipinski definition) is 5. The van der Waals surface area contributed by atoms with E-state index in [4.69, 9.17) is 0 Å². The van der Waals surface area contributed by atoms with Gasteiger partial charge >= 0.3 is 0 Å². The van der Waals surface area contributed by atoms with E-state index in [-0.39, 0.29) is 16.3 Å². The zero-order chi connectivity index (χ0) is 20.6. The van der Waals surface area contributed by atoms with Gasteiger partial charge in [0.15, 0.2) is 5.13 Å². The molecule has 0 bridgehead atoms. The monoisotopic (exact) mass is 433 g/mol. The Bertz CT molecular complexity index is 1180. The van der Waals surface area contributed by atoms with E-state index in [2.05, 4.69) is 10.3 Å². The van der Waals surface area contributed by atoms with Crippen LogP contribution >= 0.6 is 11.3 Å². The minimum Gasteiger partial charge on any atom is -0.298 e. The molecule has 4 rings (SSSR count). The van der Waals surface area contributed by atoms with Crippen molar-refractivity contribution >= 4 is 42.6 Å². The van der Waals surface area contributed by atoms with Gasteiger partial charge in [-0.05, 0) is 55.7 Å². The van der Waals surface area contributed by atoms with Crippen LogP contribution in [0.25, 0.3) is 10.2 Å². The van der Waals surface area contributed by atoms with Crippen LogP contribution in [-0.2, 0) is 10.0 Å². The first-order chi connectivity index (χ1) is 13.8. The quantitative estimate of drug-likeness (QED) is 0.670. The minimum atomic E-state index is -3.65. The van der Waals surface area contributed by atoms with Crippen molar-refractivity contribution in [2.24, 2.45) is 0 Å². The molecule has 3 aromatic rings. The number of carbonyl (C=O) groups is 1. The van der Waals surface area contributed by atoms with Crippen LogP contribution in [0.5, 0.6) is 0 Å². The summed E-state index contributed by atoms with van der Waals surface area (Å²) in [6.45, 7) is 2.72. The van der Waals surface area contributed by atoms with Gasteiger partial charge in [0.1, 0.15) is 5.82 Å². The number of aryl methyl sites for hydroxylation is 1. The van der Waals surface area contributed by atoms with Crippen LogP contribution in [-0.4, -0.2) is 36.7 Å². The lowest BCUT2D eigenvalue weighted by Crippen LogP contribution is -2.36. The second-order valence-electron chi connectivity index (χ2n) is 7.03. The number of piperidine rings is 1. The molecule has 0 spiro atoms. The van der Waals surface area contributed by atoms with E-state index in [1.54, 1.807) is 25.1 Å². The van der Waals surface area contributed by atoms with Crippen molar-refractivity contribution in [2.45, 2.75) is 31.1 Å². The van der Waals surface area contributed by atoms with Crippen LogP contribution in [0.3, 0.4) is 0 Å². The van der Waals surface area contributed by atoms with Gasteiger partial charge in [-0.2, -0.15) is 4.31 Å². The van der Waals surface area contributed by atoms with Crippen LogP contribution < -0.4 is 5.32 Å². The minimum absolute atomic E-state index is 0.151. The van der Waals surface area contributed by atoms with Crippen LogP contribution in [0.1, 0.15) is 35.2 Å². The molecule has 1 aliphatic rings. The number of rotatable bonds is 4. The summed E-state index contributed by atoms with van der Waals surface area (Å²) in [6.07, 6.45) is 2.72. The molecule has 2 aromatic carbocycles. The standard InChI is InChI=1S/C20H20FN3O3S2/c1-13-5-6-14(11-18(13)29(26,27)24-9-3-2-4-10-24)19(25)23-20-22-16-8-7-15(21)12-17(16)28-20/h5-8,11-12H,2-4,9-10H2,1H3,(H,22,23,25).